The fourth-order valence-corrected chi connectivity index (χ4v) is 3.22. The number of hydrogen-bond donors (Lipinski definition) is 1. The number of hydrogen-bond acceptors (Lipinski definition) is 2. The van der Waals surface area contributed by atoms with Crippen LogP contribution in [0, 0.1) is 12.8 Å². The van der Waals surface area contributed by atoms with Gasteiger partial charge in [0, 0.05) is 0 Å². The van der Waals surface area contributed by atoms with Crippen LogP contribution in [0.15, 0.2) is 24.3 Å². The Morgan fingerprint density at radius 1 is 1.05 bits per heavy atom. The molecule has 2 aliphatic rings. The van der Waals surface area contributed by atoms with Gasteiger partial charge < -0.3 is 5.32 Å². The maximum absolute atomic E-state index is 12.5. The Morgan fingerprint density at radius 3 is 2.35 bits per heavy atom. The van der Waals surface area contributed by atoms with E-state index in [1.54, 1.807) is 0 Å². The summed E-state index contributed by atoms with van der Waals surface area (Å²) >= 11 is 0. The number of nitrogens with one attached hydrogen (secondary N) is 1. The first-order valence-corrected chi connectivity index (χ1v) is 7.38. The molecule has 4 heteroatoms. The third kappa shape index (κ3) is 2.30. The van der Waals surface area contributed by atoms with Gasteiger partial charge in [0.2, 0.25) is 0 Å². The summed E-state index contributed by atoms with van der Waals surface area (Å²) in [7, 11) is 0. The summed E-state index contributed by atoms with van der Waals surface area (Å²) in [6.07, 6.45) is 5.65. The number of anilines is 1. The molecule has 0 bridgehead atoms. The molecule has 1 saturated carbocycles. The zero-order valence-electron chi connectivity index (χ0n) is 11.8. The monoisotopic (exact) mass is 272 g/mol. The van der Waals surface area contributed by atoms with Crippen molar-refractivity contribution in [2.45, 2.75) is 45.1 Å². The topological polar surface area (TPSA) is 49.4 Å². The maximum Gasteiger partial charge on any atom is 0.329 e. The highest BCUT2D eigenvalue weighted by atomic mass is 16.2. The van der Waals surface area contributed by atoms with E-state index < -0.39 is 0 Å². The Balaban J connectivity index is 1.81. The molecule has 4 nitrogen and oxygen atoms in total. The lowest BCUT2D eigenvalue weighted by Gasteiger charge is -2.25. The molecule has 1 saturated heterocycles. The van der Waals surface area contributed by atoms with Gasteiger partial charge in [0.15, 0.2) is 0 Å². The van der Waals surface area contributed by atoms with Gasteiger partial charge in [0.1, 0.15) is 6.04 Å². The van der Waals surface area contributed by atoms with Gasteiger partial charge in [-0.15, -0.1) is 0 Å². The molecule has 1 aliphatic heterocycles. The summed E-state index contributed by atoms with van der Waals surface area (Å²) in [4.78, 5) is 26.0. The fraction of sp³-hybridized carbons (Fsp3) is 0.500. The highest BCUT2D eigenvalue weighted by Gasteiger charge is 2.43. The van der Waals surface area contributed by atoms with Crippen LogP contribution in [0.3, 0.4) is 0 Å². The molecule has 0 spiro atoms. The van der Waals surface area contributed by atoms with Crippen molar-refractivity contribution in [3.63, 3.8) is 0 Å². The number of aryl methyl sites for hydroxylation is 1. The highest BCUT2D eigenvalue weighted by Crippen LogP contribution is 2.31. The van der Waals surface area contributed by atoms with Gasteiger partial charge in [0.05, 0.1) is 5.69 Å². The molecule has 1 aromatic carbocycles. The molecule has 3 rings (SSSR count). The number of benzene rings is 1. The number of urea groups is 1. The summed E-state index contributed by atoms with van der Waals surface area (Å²) < 4.78 is 0. The van der Waals surface area contributed by atoms with Gasteiger partial charge in [-0.2, -0.15) is 0 Å². The Morgan fingerprint density at radius 2 is 1.70 bits per heavy atom. The zero-order chi connectivity index (χ0) is 14.1. The van der Waals surface area contributed by atoms with Crippen LogP contribution in [0.2, 0.25) is 0 Å². The molecule has 1 heterocycles. The highest BCUT2D eigenvalue weighted by molar-refractivity contribution is 6.21. The van der Waals surface area contributed by atoms with Gasteiger partial charge in [-0.05, 0) is 37.8 Å². The van der Waals surface area contributed by atoms with Crippen molar-refractivity contribution in [3.8, 4) is 0 Å². The van der Waals surface area contributed by atoms with E-state index in [0.29, 0.717) is 11.6 Å². The molecule has 2 fully saturated rings. The first-order chi connectivity index (χ1) is 9.66. The number of nitrogens with zero attached hydrogens (tertiary/aromatic N) is 1. The average Bonchev–Trinajstić information content (AvgIpc) is 2.76. The van der Waals surface area contributed by atoms with Crippen molar-refractivity contribution in [1.29, 1.82) is 0 Å². The van der Waals surface area contributed by atoms with Gasteiger partial charge in [-0.3, -0.25) is 4.79 Å². The number of carbonyl (C=O) groups excluding carboxylic acids is 2. The quantitative estimate of drug-likeness (QED) is 0.841. The van der Waals surface area contributed by atoms with E-state index in [9.17, 15) is 9.59 Å². The molecule has 1 aliphatic carbocycles. The predicted molar refractivity (Wildman–Crippen MR) is 77.6 cm³/mol. The molecule has 1 unspecified atom stereocenters. The predicted octanol–water partition coefficient (Wildman–Crippen LogP) is 3.00. The van der Waals surface area contributed by atoms with E-state index in [4.69, 9.17) is 0 Å². The van der Waals surface area contributed by atoms with Crippen molar-refractivity contribution in [3.05, 3.63) is 29.8 Å². The normalized spacial score (nSPS) is 24.1. The Bertz CT molecular complexity index is 518. The SMILES string of the molecule is Cc1ccc(N2C(=O)NC(C3CCCCC3)C2=O)cc1. The minimum Gasteiger partial charge on any atom is -0.325 e. The van der Waals surface area contributed by atoms with Crippen molar-refractivity contribution in [2.24, 2.45) is 5.92 Å². The van der Waals surface area contributed by atoms with Crippen molar-refractivity contribution in [1.82, 2.24) is 5.32 Å². The molecule has 1 aromatic rings. The molecule has 3 amide bonds. The summed E-state index contributed by atoms with van der Waals surface area (Å²) in [6, 6.07) is 6.89. The Kier molecular flexibility index (Phi) is 3.47. The lowest BCUT2D eigenvalue weighted by molar-refractivity contribution is -0.119. The van der Waals surface area contributed by atoms with Crippen LogP contribution in [0.4, 0.5) is 10.5 Å². The summed E-state index contributed by atoms with van der Waals surface area (Å²) in [5, 5.41) is 2.87. The van der Waals surface area contributed by atoms with Crippen molar-refractivity contribution < 1.29 is 9.59 Å². The van der Waals surface area contributed by atoms with E-state index in [1.807, 2.05) is 31.2 Å². The zero-order valence-corrected chi connectivity index (χ0v) is 11.8. The van der Waals surface area contributed by atoms with Gasteiger partial charge in [0.25, 0.3) is 5.91 Å². The third-order valence-electron chi connectivity index (χ3n) is 4.38. The number of rotatable bonds is 2. The molecule has 20 heavy (non-hydrogen) atoms. The lowest BCUT2D eigenvalue weighted by atomic mass is 9.84. The molecular formula is C16H20N2O2. The van der Waals surface area contributed by atoms with Crippen LogP contribution in [-0.4, -0.2) is 18.0 Å². The molecule has 1 atom stereocenters. The minimum absolute atomic E-state index is 0.0919. The number of carbonyl (C=O) groups is 2. The standard InChI is InChI=1S/C16H20N2O2/c1-11-7-9-13(10-8-11)18-15(19)14(17-16(18)20)12-5-3-2-4-6-12/h7-10,12,14H,2-6H2,1H3,(H,17,20). The van der Waals surface area contributed by atoms with E-state index in [1.165, 1.54) is 11.3 Å². The first-order valence-electron chi connectivity index (χ1n) is 7.38. The second-order valence-corrected chi connectivity index (χ2v) is 5.83. The van der Waals surface area contributed by atoms with Crippen LogP contribution >= 0.6 is 0 Å². The molecular weight excluding hydrogens is 252 g/mol. The van der Waals surface area contributed by atoms with E-state index in [0.717, 1.165) is 31.2 Å². The van der Waals surface area contributed by atoms with Crippen molar-refractivity contribution in [2.75, 3.05) is 4.90 Å². The van der Waals surface area contributed by atoms with E-state index in [2.05, 4.69) is 5.32 Å². The first kappa shape index (κ1) is 13.2. The van der Waals surface area contributed by atoms with Gasteiger partial charge in [-0.1, -0.05) is 37.0 Å². The van der Waals surface area contributed by atoms with Gasteiger partial charge >= 0.3 is 6.03 Å². The van der Waals surface area contributed by atoms with E-state index in [-0.39, 0.29) is 18.0 Å². The van der Waals surface area contributed by atoms with Crippen LogP contribution in [0.1, 0.15) is 37.7 Å². The molecule has 0 radical (unpaired) electrons. The Hall–Kier alpha value is -1.84. The smallest absolute Gasteiger partial charge is 0.325 e. The van der Waals surface area contributed by atoms with Crippen LogP contribution < -0.4 is 10.2 Å². The summed E-state index contributed by atoms with van der Waals surface area (Å²) in [6.45, 7) is 1.99. The second-order valence-electron chi connectivity index (χ2n) is 5.83. The van der Waals surface area contributed by atoms with E-state index >= 15 is 0 Å². The van der Waals surface area contributed by atoms with Gasteiger partial charge in [-0.25, -0.2) is 9.69 Å². The van der Waals surface area contributed by atoms with Crippen LogP contribution in [0.25, 0.3) is 0 Å². The lowest BCUT2D eigenvalue weighted by Crippen LogP contribution is -2.38. The molecule has 1 N–H and O–H groups in total. The third-order valence-corrected chi connectivity index (χ3v) is 4.38. The van der Waals surface area contributed by atoms with Crippen LogP contribution in [-0.2, 0) is 4.79 Å². The largest absolute Gasteiger partial charge is 0.329 e. The molecule has 106 valence electrons. The molecule has 0 aromatic heterocycles. The number of imide groups is 1. The Labute approximate surface area is 119 Å². The van der Waals surface area contributed by atoms with Crippen LogP contribution in [0.5, 0.6) is 0 Å². The van der Waals surface area contributed by atoms with Crippen molar-refractivity contribution >= 4 is 17.6 Å². The summed E-state index contributed by atoms with van der Waals surface area (Å²) in [5.74, 6) is 0.210. The number of amides is 3. The average molecular weight is 272 g/mol. The fourth-order valence-electron chi connectivity index (χ4n) is 3.22. The second kappa shape index (κ2) is 5.27. The minimum atomic E-state index is -0.330. The summed E-state index contributed by atoms with van der Waals surface area (Å²) in [5.41, 5.74) is 1.78. The maximum atomic E-state index is 12.5.